The van der Waals surface area contributed by atoms with Gasteiger partial charge in [0.05, 0.1) is 0 Å². The number of hydrogen-bond acceptors (Lipinski definition) is 4. The molecule has 1 atom stereocenters. The molecule has 5 rings (SSSR count). The number of aromatic nitrogens is 2. The number of aryl methyl sites for hydroxylation is 2. The van der Waals surface area contributed by atoms with Crippen LogP contribution in [0.5, 0.6) is 0 Å². The Morgan fingerprint density at radius 2 is 1.49 bits per heavy atom. The molecule has 0 aliphatic heterocycles. The summed E-state index contributed by atoms with van der Waals surface area (Å²) in [5.41, 5.74) is 3.67. The molecule has 0 saturated carbocycles. The molecule has 1 N–H and O–H groups in total. The van der Waals surface area contributed by atoms with Gasteiger partial charge in [-0.3, -0.25) is 9.79 Å². The predicted molar refractivity (Wildman–Crippen MR) is 174 cm³/mol. The summed E-state index contributed by atoms with van der Waals surface area (Å²) in [6.07, 6.45) is 2.51. The summed E-state index contributed by atoms with van der Waals surface area (Å²) >= 11 is 0. The molecule has 0 aliphatic rings. The Labute approximate surface area is 243 Å². The van der Waals surface area contributed by atoms with Gasteiger partial charge in [-0.05, 0) is 73.8 Å². The zero-order chi connectivity index (χ0) is 28.8. The van der Waals surface area contributed by atoms with E-state index in [2.05, 4.69) is 95.9 Å². The van der Waals surface area contributed by atoms with Gasteiger partial charge in [0.25, 0.3) is 0 Å². The summed E-state index contributed by atoms with van der Waals surface area (Å²) in [7, 11) is -0.801. The Bertz CT molecular complexity index is 1630. The second-order valence-electron chi connectivity index (χ2n) is 10.6. The van der Waals surface area contributed by atoms with Gasteiger partial charge in [0, 0.05) is 22.9 Å². The molecule has 5 aromatic rings. The van der Waals surface area contributed by atoms with Crippen LogP contribution in [0.15, 0.2) is 108 Å². The van der Waals surface area contributed by atoms with E-state index in [-0.39, 0.29) is 5.91 Å². The molecular weight excluding hydrogens is 523 g/mol. The van der Waals surface area contributed by atoms with E-state index in [9.17, 15) is 4.79 Å². The van der Waals surface area contributed by atoms with Crippen LogP contribution in [0.2, 0.25) is 0 Å². The van der Waals surface area contributed by atoms with Crippen LogP contribution in [-0.2, 0) is 4.79 Å². The smallest absolute Gasteiger partial charge is 0.250 e. The van der Waals surface area contributed by atoms with Gasteiger partial charge in [-0.25, -0.2) is 9.97 Å². The molecule has 3 aromatic carbocycles. The maximum Gasteiger partial charge on any atom is 0.250 e. The van der Waals surface area contributed by atoms with Gasteiger partial charge < -0.3 is 5.32 Å². The van der Waals surface area contributed by atoms with Crippen LogP contribution in [0.3, 0.4) is 0 Å². The van der Waals surface area contributed by atoms with Crippen LogP contribution in [-0.4, -0.2) is 28.1 Å². The van der Waals surface area contributed by atoms with Gasteiger partial charge >= 0.3 is 0 Å². The van der Waals surface area contributed by atoms with Crippen LogP contribution < -0.4 is 21.2 Å². The van der Waals surface area contributed by atoms with E-state index < -0.39 is 14.0 Å². The summed E-state index contributed by atoms with van der Waals surface area (Å²) in [4.78, 5) is 27.6. The first-order valence-electron chi connectivity index (χ1n) is 14.0. The number of hydrogen-bond donors (Lipinski definition) is 1. The maximum atomic E-state index is 13.5. The van der Waals surface area contributed by atoms with E-state index in [1.807, 2.05) is 56.5 Å². The van der Waals surface area contributed by atoms with E-state index in [1.54, 1.807) is 0 Å². The Morgan fingerprint density at radius 3 is 2.15 bits per heavy atom. The average Bonchev–Trinajstić information content (AvgIpc) is 2.96. The third kappa shape index (κ3) is 6.93. The Balaban J connectivity index is 1.46. The summed E-state index contributed by atoms with van der Waals surface area (Å²) < 4.78 is 0. The molecule has 206 valence electrons. The number of pyridine rings is 2. The van der Waals surface area contributed by atoms with Crippen LogP contribution in [0.25, 0.3) is 11.0 Å². The number of nitrogens with zero attached hydrogens (tertiary/aromatic N) is 3. The molecule has 0 fully saturated rings. The summed E-state index contributed by atoms with van der Waals surface area (Å²) in [6, 6.07) is 34.9. The molecule has 5 nitrogen and oxygen atoms in total. The molecule has 1 amide bonds. The van der Waals surface area contributed by atoms with Crippen LogP contribution in [0.4, 0.5) is 5.82 Å². The minimum absolute atomic E-state index is 0.169. The Hall–Kier alpha value is -4.21. The molecule has 0 saturated heterocycles. The molecule has 0 unspecified atom stereocenters. The van der Waals surface area contributed by atoms with E-state index >= 15 is 0 Å². The van der Waals surface area contributed by atoms with E-state index in [1.165, 1.54) is 15.9 Å². The quantitative estimate of drug-likeness (QED) is 0.166. The number of aliphatic imine (C=N–C) groups is 1. The molecule has 0 spiro atoms. The lowest BCUT2D eigenvalue weighted by molar-refractivity contribution is -0.117. The van der Waals surface area contributed by atoms with Crippen molar-refractivity contribution in [1.29, 1.82) is 0 Å². The van der Waals surface area contributed by atoms with E-state index in [0.717, 1.165) is 22.2 Å². The topological polar surface area (TPSA) is 67.2 Å². The van der Waals surface area contributed by atoms with E-state index in [4.69, 9.17) is 4.99 Å². The molecule has 0 radical (unpaired) electrons. The largest absolute Gasteiger partial charge is 0.309 e. The SMILES string of the molecule is Cc1cc(C)c2ccc(NC(=O)[C@H](CC(C)C)N=Cc3ccccc3P(c3ccccc3)c3ccccc3)nc2n1. The normalized spacial score (nSPS) is 12.3. The Morgan fingerprint density at radius 1 is 0.854 bits per heavy atom. The van der Waals surface area contributed by atoms with Gasteiger partial charge in [0.2, 0.25) is 5.91 Å². The lowest BCUT2D eigenvalue weighted by Crippen LogP contribution is -2.29. The van der Waals surface area contributed by atoms with Gasteiger partial charge in [-0.2, -0.15) is 0 Å². The highest BCUT2D eigenvalue weighted by atomic mass is 31.1. The van der Waals surface area contributed by atoms with E-state index in [0.29, 0.717) is 23.8 Å². The third-order valence-corrected chi connectivity index (χ3v) is 9.37. The summed E-state index contributed by atoms with van der Waals surface area (Å²) in [5.74, 6) is 0.610. The maximum absolute atomic E-state index is 13.5. The first-order chi connectivity index (χ1) is 19.9. The average molecular weight is 559 g/mol. The fourth-order valence-corrected chi connectivity index (χ4v) is 7.37. The zero-order valence-corrected chi connectivity index (χ0v) is 24.8. The van der Waals surface area contributed by atoms with Crippen molar-refractivity contribution >= 4 is 52.8 Å². The molecule has 6 heteroatoms. The van der Waals surface area contributed by atoms with Gasteiger partial charge in [0.1, 0.15) is 11.9 Å². The lowest BCUT2D eigenvalue weighted by Gasteiger charge is -2.21. The standard InChI is InChI=1S/C35H35N4OP/c1-24(2)21-31(35(40)39-33-20-19-30-25(3)22-26(4)37-34(30)38-33)36-23-27-13-11-12-18-32(27)41(28-14-7-5-8-15-28)29-16-9-6-10-17-29/h5-20,22-24,31H,21H2,1-4H3,(H,37,38,39,40)/t31-/m0/s1. The van der Waals surface area contributed by atoms with Crippen molar-refractivity contribution in [1.82, 2.24) is 9.97 Å². The fraction of sp³-hybridized carbons (Fsp3) is 0.200. The first kappa shape index (κ1) is 28.3. The highest BCUT2D eigenvalue weighted by Gasteiger charge is 2.21. The zero-order valence-electron chi connectivity index (χ0n) is 24.0. The molecule has 41 heavy (non-hydrogen) atoms. The first-order valence-corrected chi connectivity index (χ1v) is 15.3. The summed E-state index contributed by atoms with van der Waals surface area (Å²) in [5, 5.41) is 7.74. The van der Waals surface area contributed by atoms with Crippen molar-refractivity contribution in [3.8, 4) is 0 Å². The lowest BCUT2D eigenvalue weighted by atomic mass is 10.0. The van der Waals surface area contributed by atoms with Crippen molar-refractivity contribution in [2.24, 2.45) is 10.9 Å². The van der Waals surface area contributed by atoms with Crippen molar-refractivity contribution < 1.29 is 4.79 Å². The second kappa shape index (κ2) is 13.0. The van der Waals surface area contributed by atoms with Crippen LogP contribution in [0, 0.1) is 19.8 Å². The van der Waals surface area contributed by atoms with Gasteiger partial charge in [-0.15, -0.1) is 0 Å². The molecule has 0 bridgehead atoms. The van der Waals surface area contributed by atoms with Crippen molar-refractivity contribution in [2.75, 3.05) is 5.32 Å². The van der Waals surface area contributed by atoms with Gasteiger partial charge in [0.15, 0.2) is 5.65 Å². The van der Waals surface area contributed by atoms with Crippen molar-refractivity contribution in [3.05, 3.63) is 120 Å². The number of fused-ring (bicyclic) bond motifs is 1. The minimum atomic E-state index is -0.801. The number of nitrogens with one attached hydrogen (secondary N) is 1. The van der Waals surface area contributed by atoms with Crippen molar-refractivity contribution in [3.63, 3.8) is 0 Å². The molecule has 2 heterocycles. The number of amides is 1. The third-order valence-electron chi connectivity index (χ3n) is 6.86. The fourth-order valence-electron chi connectivity index (χ4n) is 4.95. The van der Waals surface area contributed by atoms with Gasteiger partial charge in [-0.1, -0.05) is 98.8 Å². The molecule has 0 aliphatic carbocycles. The molecular formula is C35H35N4OP. The number of carbonyl (C=O) groups excluding carboxylic acids is 1. The van der Waals surface area contributed by atoms with Crippen molar-refractivity contribution in [2.45, 2.75) is 40.2 Å². The summed E-state index contributed by atoms with van der Waals surface area (Å²) in [6.45, 7) is 8.21. The highest BCUT2D eigenvalue weighted by Crippen LogP contribution is 2.33. The second-order valence-corrected chi connectivity index (χ2v) is 12.8. The Kier molecular flexibility index (Phi) is 8.96. The number of carbonyl (C=O) groups is 1. The minimum Gasteiger partial charge on any atom is -0.309 e. The van der Waals surface area contributed by atoms with Crippen LogP contribution >= 0.6 is 7.92 Å². The number of anilines is 1. The highest BCUT2D eigenvalue weighted by molar-refractivity contribution is 7.80. The molecule has 2 aromatic heterocycles. The monoisotopic (exact) mass is 558 g/mol. The predicted octanol–water partition coefficient (Wildman–Crippen LogP) is 6.48. The number of benzene rings is 3. The number of rotatable bonds is 9. The van der Waals surface area contributed by atoms with Crippen LogP contribution in [0.1, 0.15) is 37.1 Å².